The Morgan fingerprint density at radius 1 is 1.53 bits per heavy atom. The molecular formula is C12H14N4S. The lowest BCUT2D eigenvalue weighted by Crippen LogP contribution is -2.18. The Bertz CT molecular complexity index is 507. The maximum absolute atomic E-state index is 7.37. The summed E-state index contributed by atoms with van der Waals surface area (Å²) in [5.41, 5.74) is 8.22. The van der Waals surface area contributed by atoms with Gasteiger partial charge in [0.15, 0.2) is 0 Å². The molecule has 0 radical (unpaired) electrons. The Hall–Kier alpha value is -1.88. The number of nitrogen functional groups attached to an aromatic ring is 1. The van der Waals surface area contributed by atoms with E-state index in [1.165, 1.54) is 5.56 Å². The van der Waals surface area contributed by atoms with Crippen molar-refractivity contribution < 1.29 is 0 Å². The predicted octanol–water partition coefficient (Wildman–Crippen LogP) is 2.06. The van der Waals surface area contributed by atoms with Gasteiger partial charge in [0.2, 0.25) is 0 Å². The van der Waals surface area contributed by atoms with Crippen molar-refractivity contribution in [3.05, 3.63) is 46.4 Å². The normalized spacial score (nSPS) is 10.2. The van der Waals surface area contributed by atoms with Crippen molar-refractivity contribution in [2.24, 2.45) is 5.73 Å². The van der Waals surface area contributed by atoms with E-state index in [1.54, 1.807) is 17.5 Å². The Balaban J connectivity index is 2.16. The first-order valence-corrected chi connectivity index (χ1v) is 6.14. The van der Waals surface area contributed by atoms with Gasteiger partial charge < -0.3 is 10.6 Å². The van der Waals surface area contributed by atoms with Gasteiger partial charge in [-0.05, 0) is 34.5 Å². The number of rotatable bonds is 4. The van der Waals surface area contributed by atoms with E-state index in [1.807, 2.05) is 19.2 Å². The lowest BCUT2D eigenvalue weighted by atomic mass is 10.2. The molecule has 0 aliphatic carbocycles. The van der Waals surface area contributed by atoms with Crippen LogP contribution >= 0.6 is 11.3 Å². The highest BCUT2D eigenvalue weighted by Crippen LogP contribution is 2.16. The van der Waals surface area contributed by atoms with Crippen molar-refractivity contribution >= 4 is 22.9 Å². The summed E-state index contributed by atoms with van der Waals surface area (Å²) in [5, 5.41) is 11.6. The first-order chi connectivity index (χ1) is 8.16. The smallest absolute Gasteiger partial charge is 0.141 e. The van der Waals surface area contributed by atoms with E-state index in [-0.39, 0.29) is 5.84 Å². The topological polar surface area (TPSA) is 66.0 Å². The minimum absolute atomic E-state index is 0.00390. The quantitative estimate of drug-likeness (QED) is 0.641. The number of hydrogen-bond donors (Lipinski definition) is 2. The zero-order chi connectivity index (χ0) is 12.3. The molecular weight excluding hydrogens is 232 g/mol. The number of pyridine rings is 1. The molecule has 0 saturated heterocycles. The number of aromatic nitrogens is 1. The van der Waals surface area contributed by atoms with Crippen LogP contribution in [0.3, 0.4) is 0 Å². The molecule has 17 heavy (non-hydrogen) atoms. The number of nitrogens with two attached hydrogens (primary N) is 1. The molecule has 2 aromatic heterocycles. The molecule has 0 spiro atoms. The second kappa shape index (κ2) is 4.97. The summed E-state index contributed by atoms with van der Waals surface area (Å²) in [6.07, 6.45) is 1.68. The van der Waals surface area contributed by atoms with Crippen molar-refractivity contribution in [2.45, 2.75) is 6.54 Å². The average Bonchev–Trinajstić information content (AvgIpc) is 2.82. The van der Waals surface area contributed by atoms with Gasteiger partial charge in [0.25, 0.3) is 0 Å². The number of thiophene rings is 1. The van der Waals surface area contributed by atoms with Gasteiger partial charge >= 0.3 is 0 Å². The third-order valence-electron chi connectivity index (χ3n) is 2.46. The van der Waals surface area contributed by atoms with Crippen LogP contribution in [0.2, 0.25) is 0 Å². The van der Waals surface area contributed by atoms with Gasteiger partial charge in [0, 0.05) is 25.5 Å². The summed E-state index contributed by atoms with van der Waals surface area (Å²) < 4.78 is 0. The number of hydrogen-bond acceptors (Lipinski definition) is 4. The van der Waals surface area contributed by atoms with Gasteiger partial charge in [-0.15, -0.1) is 0 Å². The molecule has 2 rings (SSSR count). The van der Waals surface area contributed by atoms with Gasteiger partial charge in [-0.25, -0.2) is 0 Å². The highest BCUT2D eigenvalue weighted by molar-refractivity contribution is 7.07. The predicted molar refractivity (Wildman–Crippen MR) is 71.7 cm³/mol. The fourth-order valence-electron chi connectivity index (χ4n) is 1.55. The molecule has 5 heteroatoms. The van der Waals surface area contributed by atoms with Crippen LogP contribution in [0, 0.1) is 5.41 Å². The zero-order valence-electron chi connectivity index (χ0n) is 9.55. The summed E-state index contributed by atoms with van der Waals surface area (Å²) in [4.78, 5) is 6.15. The van der Waals surface area contributed by atoms with Gasteiger partial charge in [-0.3, -0.25) is 10.4 Å². The Labute approximate surface area is 104 Å². The second-order valence-electron chi connectivity index (χ2n) is 3.80. The number of amidine groups is 1. The van der Waals surface area contributed by atoms with Crippen LogP contribution in [0.25, 0.3) is 0 Å². The second-order valence-corrected chi connectivity index (χ2v) is 4.58. The highest BCUT2D eigenvalue weighted by Gasteiger charge is 2.05. The molecule has 0 amide bonds. The lowest BCUT2D eigenvalue weighted by Gasteiger charge is -2.18. The molecule has 0 unspecified atom stereocenters. The summed E-state index contributed by atoms with van der Waals surface area (Å²) in [6.45, 7) is 0.838. The average molecular weight is 246 g/mol. The number of nitrogens with one attached hydrogen (secondary N) is 1. The standard InChI is InChI=1S/C12H14N4S/c1-16(7-9-3-5-17-8-9)10-2-4-15-11(6-10)12(13)14/h2-6,8H,7H2,1H3,(H3,13,14). The maximum atomic E-state index is 7.37. The van der Waals surface area contributed by atoms with E-state index >= 15 is 0 Å². The van der Waals surface area contributed by atoms with E-state index in [9.17, 15) is 0 Å². The zero-order valence-corrected chi connectivity index (χ0v) is 10.4. The van der Waals surface area contributed by atoms with Crippen LogP contribution in [-0.4, -0.2) is 17.9 Å². The number of nitrogens with zero attached hydrogens (tertiary/aromatic N) is 2. The molecule has 0 aliphatic heterocycles. The first kappa shape index (κ1) is 11.6. The minimum Gasteiger partial charge on any atom is -0.382 e. The molecule has 0 aliphatic rings. The van der Waals surface area contributed by atoms with Crippen LogP contribution in [-0.2, 0) is 6.54 Å². The van der Waals surface area contributed by atoms with Crippen molar-refractivity contribution in [1.82, 2.24) is 4.98 Å². The minimum atomic E-state index is -0.00390. The third kappa shape index (κ3) is 2.82. The molecule has 0 fully saturated rings. The van der Waals surface area contributed by atoms with Crippen molar-refractivity contribution in [3.8, 4) is 0 Å². The number of anilines is 1. The molecule has 0 saturated carbocycles. The highest BCUT2D eigenvalue weighted by atomic mass is 32.1. The first-order valence-electron chi connectivity index (χ1n) is 5.19. The van der Waals surface area contributed by atoms with Gasteiger partial charge in [0.05, 0.1) is 0 Å². The fourth-order valence-corrected chi connectivity index (χ4v) is 2.21. The monoisotopic (exact) mass is 246 g/mol. The SMILES string of the molecule is CN(Cc1ccsc1)c1ccnc(C(=N)N)c1. The molecule has 0 bridgehead atoms. The molecule has 2 heterocycles. The van der Waals surface area contributed by atoms with Crippen LogP contribution in [0.15, 0.2) is 35.2 Å². The summed E-state index contributed by atoms with van der Waals surface area (Å²) in [7, 11) is 2.01. The van der Waals surface area contributed by atoms with E-state index in [0.717, 1.165) is 12.2 Å². The van der Waals surface area contributed by atoms with E-state index in [0.29, 0.717) is 5.69 Å². The summed E-state index contributed by atoms with van der Waals surface area (Å²) in [5.74, 6) is -0.00390. The summed E-state index contributed by atoms with van der Waals surface area (Å²) >= 11 is 1.69. The van der Waals surface area contributed by atoms with E-state index in [4.69, 9.17) is 11.1 Å². The van der Waals surface area contributed by atoms with Crippen molar-refractivity contribution in [3.63, 3.8) is 0 Å². The fraction of sp³-hybridized carbons (Fsp3) is 0.167. The molecule has 88 valence electrons. The van der Waals surface area contributed by atoms with Gasteiger partial charge in [-0.2, -0.15) is 11.3 Å². The van der Waals surface area contributed by atoms with Crippen LogP contribution in [0.5, 0.6) is 0 Å². The molecule has 3 N–H and O–H groups in total. The Morgan fingerprint density at radius 3 is 3.00 bits per heavy atom. The van der Waals surface area contributed by atoms with Crippen molar-refractivity contribution in [1.29, 1.82) is 5.41 Å². The maximum Gasteiger partial charge on any atom is 0.141 e. The molecule has 4 nitrogen and oxygen atoms in total. The van der Waals surface area contributed by atoms with E-state index < -0.39 is 0 Å². The van der Waals surface area contributed by atoms with Gasteiger partial charge in [0.1, 0.15) is 11.5 Å². The largest absolute Gasteiger partial charge is 0.382 e. The lowest BCUT2D eigenvalue weighted by molar-refractivity contribution is 0.924. The Kier molecular flexibility index (Phi) is 3.39. The molecule has 0 aromatic carbocycles. The van der Waals surface area contributed by atoms with Crippen LogP contribution in [0.4, 0.5) is 5.69 Å². The van der Waals surface area contributed by atoms with Crippen LogP contribution < -0.4 is 10.6 Å². The van der Waals surface area contributed by atoms with E-state index in [2.05, 4.69) is 26.7 Å². The summed E-state index contributed by atoms with van der Waals surface area (Å²) in [6, 6.07) is 5.85. The Morgan fingerprint density at radius 2 is 2.35 bits per heavy atom. The molecule has 0 atom stereocenters. The molecule has 2 aromatic rings. The van der Waals surface area contributed by atoms with Crippen molar-refractivity contribution in [2.75, 3.05) is 11.9 Å². The van der Waals surface area contributed by atoms with Gasteiger partial charge in [-0.1, -0.05) is 0 Å². The third-order valence-corrected chi connectivity index (χ3v) is 3.19. The van der Waals surface area contributed by atoms with Crippen LogP contribution in [0.1, 0.15) is 11.3 Å².